The van der Waals surface area contributed by atoms with Crippen LogP contribution in [0.25, 0.3) is 93.5 Å². The number of fused-ring (bicyclic) bond motifs is 6. The highest BCUT2D eigenvalue weighted by molar-refractivity contribution is 6.26. The summed E-state index contributed by atoms with van der Waals surface area (Å²) >= 11 is 0. The van der Waals surface area contributed by atoms with Crippen molar-refractivity contribution in [3.63, 3.8) is 0 Å². The van der Waals surface area contributed by atoms with Gasteiger partial charge in [0.15, 0.2) is 0 Å². The van der Waals surface area contributed by atoms with Crippen LogP contribution in [-0.2, 0) is 0 Å². The van der Waals surface area contributed by atoms with E-state index in [1.807, 2.05) is 0 Å². The minimum atomic E-state index is 1.09. The molecule has 1 heterocycles. The van der Waals surface area contributed by atoms with Gasteiger partial charge in [-0.1, -0.05) is 200 Å². The molecule has 0 aliphatic heterocycles. The molecule has 2 heteroatoms. The van der Waals surface area contributed by atoms with Crippen molar-refractivity contribution in [3.05, 3.63) is 255 Å². The molecule has 11 aromatic carbocycles. The third-order valence-electron chi connectivity index (χ3n) is 12.8. The maximum Gasteiger partial charge on any atom is 0.0548 e. The second-order valence-corrected chi connectivity index (χ2v) is 16.5. The molecule has 300 valence electrons. The Hall–Kier alpha value is -8.46. The van der Waals surface area contributed by atoms with Crippen LogP contribution in [0.3, 0.4) is 0 Å². The lowest BCUT2D eigenvalue weighted by Gasteiger charge is -2.26. The molecule has 12 aromatic rings. The van der Waals surface area contributed by atoms with E-state index < -0.39 is 0 Å². The first kappa shape index (κ1) is 37.3. The lowest BCUT2D eigenvalue weighted by Crippen LogP contribution is -2.09. The van der Waals surface area contributed by atoms with Crippen molar-refractivity contribution < 1.29 is 0 Å². The maximum atomic E-state index is 2.49. The molecule has 0 radical (unpaired) electrons. The van der Waals surface area contributed by atoms with Crippen molar-refractivity contribution >= 4 is 60.4 Å². The third kappa shape index (κ3) is 6.44. The summed E-state index contributed by atoms with van der Waals surface area (Å²) in [7, 11) is 0. The summed E-state index contributed by atoms with van der Waals surface area (Å²) in [6.45, 7) is 0. The highest BCUT2D eigenvalue weighted by Gasteiger charge is 2.21. The molecule has 0 saturated carbocycles. The van der Waals surface area contributed by atoms with Gasteiger partial charge in [0.25, 0.3) is 0 Å². The minimum Gasteiger partial charge on any atom is -0.311 e. The van der Waals surface area contributed by atoms with Gasteiger partial charge in [-0.2, -0.15) is 0 Å². The molecule has 64 heavy (non-hydrogen) atoms. The van der Waals surface area contributed by atoms with Crippen molar-refractivity contribution in [2.45, 2.75) is 0 Å². The normalized spacial score (nSPS) is 11.4. The second kappa shape index (κ2) is 15.8. The van der Waals surface area contributed by atoms with Crippen LogP contribution in [0, 0.1) is 0 Å². The number of nitrogens with zero attached hydrogens (tertiary/aromatic N) is 2. The molecule has 0 fully saturated rings. The van der Waals surface area contributed by atoms with Crippen LogP contribution in [0.5, 0.6) is 0 Å². The van der Waals surface area contributed by atoms with Gasteiger partial charge in [0.1, 0.15) is 0 Å². The van der Waals surface area contributed by atoms with Crippen LogP contribution in [0.4, 0.5) is 17.1 Å². The summed E-state index contributed by atoms with van der Waals surface area (Å²) in [6, 6.07) is 92.6. The number of anilines is 3. The summed E-state index contributed by atoms with van der Waals surface area (Å²) < 4.78 is 2.49. The number of benzene rings is 11. The number of hydrogen-bond donors (Lipinski definition) is 0. The van der Waals surface area contributed by atoms with E-state index in [2.05, 4.69) is 264 Å². The Morgan fingerprint density at radius 3 is 1.33 bits per heavy atom. The molecule has 0 spiro atoms. The summed E-state index contributed by atoms with van der Waals surface area (Å²) in [5.41, 5.74) is 16.4. The minimum absolute atomic E-state index is 1.09. The van der Waals surface area contributed by atoms with E-state index in [-0.39, 0.29) is 0 Å². The van der Waals surface area contributed by atoms with Crippen molar-refractivity contribution in [1.82, 2.24) is 4.57 Å². The second-order valence-electron chi connectivity index (χ2n) is 16.5. The quantitative estimate of drug-likeness (QED) is 0.148. The average molecular weight is 815 g/mol. The van der Waals surface area contributed by atoms with E-state index in [9.17, 15) is 0 Å². The molecule has 12 rings (SSSR count). The largest absolute Gasteiger partial charge is 0.311 e. The zero-order valence-electron chi connectivity index (χ0n) is 35.1. The Kier molecular flexibility index (Phi) is 9.20. The van der Waals surface area contributed by atoms with Gasteiger partial charge >= 0.3 is 0 Å². The van der Waals surface area contributed by atoms with Crippen LogP contribution >= 0.6 is 0 Å². The fourth-order valence-electron chi connectivity index (χ4n) is 9.79. The highest BCUT2D eigenvalue weighted by Crippen LogP contribution is 2.45. The van der Waals surface area contributed by atoms with Gasteiger partial charge in [0, 0.05) is 33.4 Å². The predicted molar refractivity (Wildman–Crippen MR) is 272 cm³/mol. The van der Waals surface area contributed by atoms with Crippen molar-refractivity contribution in [2.24, 2.45) is 0 Å². The van der Waals surface area contributed by atoms with E-state index in [0.29, 0.717) is 0 Å². The standard InChI is InChI=1S/C62H42N2/c1-3-15-43(16-4-1)45-29-36-50(37-30-45)63(51-38-31-46(32-39-51)44-17-5-2-6-18-44)52-40-33-49(34-41-52)54-23-11-12-27-58(54)64-59-28-14-26-57(56-25-13-21-47-19-7-9-22-53(47)56)62(59)61-55-24-10-8-20-48(55)35-42-60(61)64/h1-42H. The molecule has 0 bridgehead atoms. The zero-order valence-corrected chi connectivity index (χ0v) is 35.1. The van der Waals surface area contributed by atoms with Gasteiger partial charge in [0.05, 0.1) is 16.7 Å². The Labute approximate surface area is 373 Å². The number of hydrogen-bond acceptors (Lipinski definition) is 1. The SMILES string of the molecule is c1ccc(-c2ccc(N(c3ccc(-c4ccccc4)cc3)c3ccc(-c4ccccc4-n4c5cccc(-c6cccc7ccccc67)c5c5c6ccccc6ccc54)cc3)cc2)cc1. The topological polar surface area (TPSA) is 8.17 Å². The Morgan fingerprint density at radius 2 is 0.688 bits per heavy atom. The molecule has 1 aromatic heterocycles. The van der Waals surface area contributed by atoms with E-state index >= 15 is 0 Å². The van der Waals surface area contributed by atoms with Gasteiger partial charge in [-0.25, -0.2) is 0 Å². The molecule has 0 N–H and O–H groups in total. The maximum absolute atomic E-state index is 2.49. The molecular formula is C62H42N2. The van der Waals surface area contributed by atoms with Gasteiger partial charge in [-0.15, -0.1) is 0 Å². The summed E-state index contributed by atoms with van der Waals surface area (Å²) in [5, 5.41) is 7.53. The van der Waals surface area contributed by atoms with E-state index in [0.717, 1.165) is 28.3 Å². The summed E-state index contributed by atoms with van der Waals surface area (Å²) in [4.78, 5) is 2.35. The lowest BCUT2D eigenvalue weighted by molar-refractivity contribution is 1.18. The molecule has 0 saturated heterocycles. The van der Waals surface area contributed by atoms with Crippen molar-refractivity contribution in [3.8, 4) is 50.2 Å². The van der Waals surface area contributed by atoms with E-state index in [1.54, 1.807) is 0 Å². The molecule has 2 nitrogen and oxygen atoms in total. The monoisotopic (exact) mass is 814 g/mol. The lowest BCUT2D eigenvalue weighted by atomic mass is 9.93. The van der Waals surface area contributed by atoms with Crippen LogP contribution in [-0.4, -0.2) is 4.57 Å². The molecule has 0 amide bonds. The van der Waals surface area contributed by atoms with Crippen LogP contribution in [0.15, 0.2) is 255 Å². The molecule has 0 atom stereocenters. The van der Waals surface area contributed by atoms with Crippen molar-refractivity contribution in [1.29, 1.82) is 0 Å². The predicted octanol–water partition coefficient (Wildman–Crippen LogP) is 17.2. The Balaban J connectivity index is 1.00. The van der Waals surface area contributed by atoms with Gasteiger partial charge in [0.2, 0.25) is 0 Å². The zero-order chi connectivity index (χ0) is 42.4. The van der Waals surface area contributed by atoms with E-state index in [4.69, 9.17) is 0 Å². The summed E-state index contributed by atoms with van der Waals surface area (Å²) in [6.07, 6.45) is 0. The molecule has 0 aliphatic carbocycles. The Bertz CT molecular complexity index is 3540. The Morgan fingerprint density at radius 1 is 0.250 bits per heavy atom. The fraction of sp³-hybridized carbons (Fsp3) is 0. The summed E-state index contributed by atoms with van der Waals surface area (Å²) in [5.74, 6) is 0. The van der Waals surface area contributed by atoms with Crippen LogP contribution in [0.2, 0.25) is 0 Å². The first-order chi connectivity index (χ1) is 31.8. The number of para-hydroxylation sites is 1. The fourth-order valence-corrected chi connectivity index (χ4v) is 9.79. The van der Waals surface area contributed by atoms with E-state index in [1.165, 1.54) is 82.3 Å². The van der Waals surface area contributed by atoms with Crippen molar-refractivity contribution in [2.75, 3.05) is 4.90 Å². The number of rotatable bonds is 8. The molecule has 0 unspecified atom stereocenters. The highest BCUT2D eigenvalue weighted by atomic mass is 15.1. The van der Waals surface area contributed by atoms with Crippen LogP contribution < -0.4 is 4.90 Å². The van der Waals surface area contributed by atoms with Gasteiger partial charge < -0.3 is 9.47 Å². The first-order valence-electron chi connectivity index (χ1n) is 22.0. The number of aromatic nitrogens is 1. The third-order valence-corrected chi connectivity index (χ3v) is 12.8. The molecule has 0 aliphatic rings. The van der Waals surface area contributed by atoms with Gasteiger partial charge in [-0.05, 0) is 115 Å². The molecular weight excluding hydrogens is 773 g/mol. The smallest absolute Gasteiger partial charge is 0.0548 e. The van der Waals surface area contributed by atoms with Gasteiger partial charge in [-0.3, -0.25) is 0 Å². The van der Waals surface area contributed by atoms with Crippen LogP contribution in [0.1, 0.15) is 0 Å². The average Bonchev–Trinajstić information content (AvgIpc) is 3.72. The first-order valence-corrected chi connectivity index (χ1v) is 22.0.